The maximum Gasteiger partial charge on any atom is 0.407 e. The summed E-state index contributed by atoms with van der Waals surface area (Å²) in [5, 5.41) is 22.0. The van der Waals surface area contributed by atoms with E-state index in [1.165, 1.54) is 5.48 Å². The third-order valence-electron chi connectivity index (χ3n) is 6.11. The number of carboxylic acid groups (broad SMARTS) is 1. The van der Waals surface area contributed by atoms with E-state index in [0.29, 0.717) is 18.0 Å². The highest BCUT2D eigenvalue weighted by atomic mass is 16.5. The molecular formula is C25H26N4O6. The van der Waals surface area contributed by atoms with Gasteiger partial charge >= 0.3 is 6.09 Å². The second kappa shape index (κ2) is 10.4. The predicted molar refractivity (Wildman–Crippen MR) is 127 cm³/mol. The summed E-state index contributed by atoms with van der Waals surface area (Å²) in [6, 6.07) is 16.7. The van der Waals surface area contributed by atoms with Crippen LogP contribution in [0.2, 0.25) is 0 Å². The number of para-hydroxylation sites is 1. The smallest absolute Gasteiger partial charge is 0.407 e. The number of carbonyl (C=O) groups is 3. The molecule has 1 aliphatic heterocycles. The van der Waals surface area contributed by atoms with Crippen molar-refractivity contribution in [2.75, 3.05) is 18.4 Å². The Kier molecular flexibility index (Phi) is 7.11. The predicted octanol–water partition coefficient (Wildman–Crippen LogP) is 3.18. The van der Waals surface area contributed by atoms with E-state index in [9.17, 15) is 19.5 Å². The summed E-state index contributed by atoms with van der Waals surface area (Å²) in [6.45, 7) is 2.25. The number of carbonyl (C=O) groups excluding carboxylic acids is 2. The van der Waals surface area contributed by atoms with Gasteiger partial charge in [-0.2, -0.15) is 0 Å². The standard InChI is InChI=1S/C25H26N4O6/c1-15-12-16(19-4-2-3-5-22(19)26-15)14-35-18-8-6-17(7-9-18)27-23(30)20-10-11-29(25(32)33)13-21(20)24(31)28-34/h2-9,12,20-21,34H,10-11,13-14H2,1H3,(H,27,30)(H,28,31)(H,32,33). The van der Waals surface area contributed by atoms with E-state index < -0.39 is 29.7 Å². The lowest BCUT2D eigenvalue weighted by atomic mass is 9.84. The van der Waals surface area contributed by atoms with E-state index in [4.69, 9.17) is 9.94 Å². The maximum absolute atomic E-state index is 12.9. The highest BCUT2D eigenvalue weighted by Gasteiger charge is 2.40. The van der Waals surface area contributed by atoms with Crippen LogP contribution < -0.4 is 15.5 Å². The number of aromatic nitrogens is 1. The van der Waals surface area contributed by atoms with Gasteiger partial charge in [0.2, 0.25) is 11.8 Å². The molecule has 2 unspecified atom stereocenters. The molecule has 35 heavy (non-hydrogen) atoms. The summed E-state index contributed by atoms with van der Waals surface area (Å²) in [7, 11) is 0. The summed E-state index contributed by atoms with van der Waals surface area (Å²) in [5.74, 6) is -2.37. The van der Waals surface area contributed by atoms with Crippen molar-refractivity contribution < 1.29 is 29.4 Å². The van der Waals surface area contributed by atoms with E-state index in [1.807, 2.05) is 37.3 Å². The fourth-order valence-electron chi connectivity index (χ4n) is 4.33. The SMILES string of the molecule is Cc1cc(COc2ccc(NC(=O)C3CCN(C(=O)O)CC3C(=O)NO)cc2)c2ccccc2n1. The summed E-state index contributed by atoms with van der Waals surface area (Å²) in [6.07, 6.45) is -1.01. The van der Waals surface area contributed by atoms with Crippen LogP contribution in [0.1, 0.15) is 17.7 Å². The highest BCUT2D eigenvalue weighted by Crippen LogP contribution is 2.27. The number of hydrogen-bond acceptors (Lipinski definition) is 6. The summed E-state index contributed by atoms with van der Waals surface area (Å²) < 4.78 is 5.95. The number of rotatable bonds is 6. The molecule has 1 fully saturated rings. The minimum atomic E-state index is -1.18. The average molecular weight is 479 g/mol. The zero-order valence-electron chi connectivity index (χ0n) is 19.1. The van der Waals surface area contributed by atoms with Crippen molar-refractivity contribution in [2.45, 2.75) is 20.0 Å². The first-order chi connectivity index (χ1) is 16.9. The third kappa shape index (κ3) is 5.49. The number of benzene rings is 2. The number of anilines is 1. The fourth-order valence-corrected chi connectivity index (χ4v) is 4.33. The normalized spacial score (nSPS) is 17.6. The number of fused-ring (bicyclic) bond motifs is 1. The molecule has 10 heteroatoms. The first kappa shape index (κ1) is 24.0. The van der Waals surface area contributed by atoms with Crippen LogP contribution in [-0.2, 0) is 16.2 Å². The molecule has 1 aromatic heterocycles. The van der Waals surface area contributed by atoms with Crippen molar-refractivity contribution in [3.05, 3.63) is 65.9 Å². The van der Waals surface area contributed by atoms with Crippen LogP contribution in [0.3, 0.4) is 0 Å². The van der Waals surface area contributed by atoms with Crippen LogP contribution in [-0.4, -0.2) is 51.2 Å². The molecule has 0 saturated carbocycles. The molecule has 2 atom stereocenters. The van der Waals surface area contributed by atoms with Crippen LogP contribution >= 0.6 is 0 Å². The molecule has 182 valence electrons. The minimum absolute atomic E-state index is 0.124. The highest BCUT2D eigenvalue weighted by molar-refractivity contribution is 5.96. The van der Waals surface area contributed by atoms with Gasteiger partial charge in [0.25, 0.3) is 0 Å². The van der Waals surface area contributed by atoms with Gasteiger partial charge in [-0.3, -0.25) is 19.8 Å². The van der Waals surface area contributed by atoms with Crippen molar-refractivity contribution in [3.8, 4) is 5.75 Å². The molecule has 0 bridgehead atoms. The molecule has 2 aromatic carbocycles. The number of nitrogens with zero attached hydrogens (tertiary/aromatic N) is 2. The van der Waals surface area contributed by atoms with Gasteiger partial charge in [0.15, 0.2) is 0 Å². The van der Waals surface area contributed by atoms with Crippen LogP contribution in [0.25, 0.3) is 10.9 Å². The van der Waals surface area contributed by atoms with E-state index in [2.05, 4.69) is 10.3 Å². The van der Waals surface area contributed by atoms with Crippen LogP contribution in [0, 0.1) is 18.8 Å². The number of amides is 3. The fraction of sp³-hybridized carbons (Fsp3) is 0.280. The number of piperidine rings is 1. The van der Waals surface area contributed by atoms with Gasteiger partial charge in [0, 0.05) is 35.4 Å². The Hall–Kier alpha value is -4.18. The zero-order chi connectivity index (χ0) is 24.9. The molecule has 0 spiro atoms. The summed E-state index contributed by atoms with van der Waals surface area (Å²) >= 11 is 0. The Bertz CT molecular complexity index is 1250. The van der Waals surface area contributed by atoms with Crippen LogP contribution in [0.5, 0.6) is 5.75 Å². The summed E-state index contributed by atoms with van der Waals surface area (Å²) in [5.41, 5.74) is 4.88. The van der Waals surface area contributed by atoms with Gasteiger partial charge < -0.3 is 20.1 Å². The number of likely N-dealkylation sites (tertiary alicyclic amines) is 1. The molecule has 2 heterocycles. The van der Waals surface area contributed by atoms with Crippen molar-refractivity contribution in [1.82, 2.24) is 15.4 Å². The van der Waals surface area contributed by atoms with Gasteiger partial charge in [-0.1, -0.05) is 18.2 Å². The number of aryl methyl sites for hydroxylation is 1. The molecule has 1 saturated heterocycles. The van der Waals surface area contributed by atoms with Crippen molar-refractivity contribution >= 4 is 34.5 Å². The van der Waals surface area contributed by atoms with E-state index in [-0.39, 0.29) is 19.5 Å². The average Bonchev–Trinajstić information content (AvgIpc) is 2.87. The second-order valence-electron chi connectivity index (χ2n) is 8.45. The van der Waals surface area contributed by atoms with Crippen molar-refractivity contribution in [1.29, 1.82) is 0 Å². The van der Waals surface area contributed by atoms with Gasteiger partial charge in [-0.15, -0.1) is 0 Å². The molecular weight excluding hydrogens is 452 g/mol. The first-order valence-electron chi connectivity index (χ1n) is 11.2. The Labute approximate surface area is 201 Å². The zero-order valence-corrected chi connectivity index (χ0v) is 19.1. The molecule has 0 aliphatic carbocycles. The second-order valence-corrected chi connectivity index (χ2v) is 8.45. The van der Waals surface area contributed by atoms with E-state index in [0.717, 1.165) is 27.1 Å². The largest absolute Gasteiger partial charge is 0.489 e. The minimum Gasteiger partial charge on any atom is -0.489 e. The lowest BCUT2D eigenvalue weighted by molar-refractivity contribution is -0.141. The Morgan fingerprint density at radius 3 is 2.54 bits per heavy atom. The number of pyridine rings is 1. The molecule has 10 nitrogen and oxygen atoms in total. The Morgan fingerprint density at radius 2 is 1.83 bits per heavy atom. The maximum atomic E-state index is 12.9. The number of ether oxygens (including phenoxy) is 1. The number of hydroxylamine groups is 1. The molecule has 4 N–H and O–H groups in total. The van der Waals surface area contributed by atoms with Crippen LogP contribution in [0.15, 0.2) is 54.6 Å². The van der Waals surface area contributed by atoms with E-state index >= 15 is 0 Å². The molecule has 0 radical (unpaired) electrons. The number of nitrogens with one attached hydrogen (secondary N) is 2. The van der Waals surface area contributed by atoms with Crippen molar-refractivity contribution in [2.24, 2.45) is 11.8 Å². The molecule has 4 rings (SSSR count). The number of hydrogen-bond donors (Lipinski definition) is 4. The van der Waals surface area contributed by atoms with Gasteiger partial charge in [0.1, 0.15) is 12.4 Å². The molecule has 3 aromatic rings. The monoisotopic (exact) mass is 478 g/mol. The van der Waals surface area contributed by atoms with Crippen molar-refractivity contribution in [3.63, 3.8) is 0 Å². The topological polar surface area (TPSA) is 141 Å². The van der Waals surface area contributed by atoms with Gasteiger partial charge in [-0.25, -0.2) is 10.3 Å². The molecule has 3 amide bonds. The lowest BCUT2D eigenvalue weighted by Gasteiger charge is -2.35. The summed E-state index contributed by atoms with van der Waals surface area (Å²) in [4.78, 5) is 41.8. The van der Waals surface area contributed by atoms with Gasteiger partial charge in [0.05, 0.1) is 17.4 Å². The Morgan fingerprint density at radius 1 is 1.09 bits per heavy atom. The quantitative estimate of drug-likeness (QED) is 0.315. The molecule has 1 aliphatic rings. The lowest BCUT2D eigenvalue weighted by Crippen LogP contribution is -2.51. The first-order valence-corrected chi connectivity index (χ1v) is 11.2. The van der Waals surface area contributed by atoms with Gasteiger partial charge in [-0.05, 0) is 49.7 Å². The third-order valence-corrected chi connectivity index (χ3v) is 6.11. The van der Waals surface area contributed by atoms with E-state index in [1.54, 1.807) is 24.3 Å². The Balaban J connectivity index is 1.40. The van der Waals surface area contributed by atoms with Crippen LogP contribution in [0.4, 0.5) is 10.5 Å².